The van der Waals surface area contributed by atoms with Crippen LogP contribution in [0.4, 0.5) is 0 Å². The molecule has 2 aliphatic rings. The summed E-state index contributed by atoms with van der Waals surface area (Å²) in [4.78, 5) is 4.98. The molecule has 2 aromatic heterocycles. The minimum absolute atomic E-state index is 0.0739. The molecule has 0 amide bonds. The molecule has 35 heavy (non-hydrogen) atoms. The summed E-state index contributed by atoms with van der Waals surface area (Å²) in [7, 11) is 0. The zero-order valence-electron chi connectivity index (χ0n) is 21.4. The summed E-state index contributed by atoms with van der Waals surface area (Å²) in [5.74, 6) is 0. The molecule has 3 aromatic rings. The Hall–Kier alpha value is -2.94. The van der Waals surface area contributed by atoms with Crippen LogP contribution < -0.4 is 5.32 Å². The first-order valence-electron chi connectivity index (χ1n) is 12.9. The van der Waals surface area contributed by atoms with Crippen molar-refractivity contribution < 1.29 is 4.74 Å². The van der Waals surface area contributed by atoms with Crippen LogP contribution in [0.15, 0.2) is 36.4 Å². The fourth-order valence-corrected chi connectivity index (χ4v) is 6.06. The Morgan fingerprint density at radius 1 is 1.26 bits per heavy atom. The lowest BCUT2D eigenvalue weighted by molar-refractivity contribution is -0.0623. The van der Waals surface area contributed by atoms with Gasteiger partial charge in [-0.3, -0.25) is 0 Å². The van der Waals surface area contributed by atoms with Gasteiger partial charge in [0.2, 0.25) is 0 Å². The number of nitrogens with zero attached hydrogens (tertiary/aromatic N) is 3. The predicted molar refractivity (Wildman–Crippen MR) is 142 cm³/mol. The molecule has 0 radical (unpaired) electrons. The number of ether oxygens (including phenoxy) is 1. The normalized spacial score (nSPS) is 21.8. The zero-order chi connectivity index (χ0) is 24.6. The van der Waals surface area contributed by atoms with Crippen molar-refractivity contribution in [3.05, 3.63) is 70.0 Å². The van der Waals surface area contributed by atoms with Crippen molar-refractivity contribution in [1.82, 2.24) is 14.9 Å². The molecule has 1 fully saturated rings. The Kier molecular flexibility index (Phi) is 6.53. The summed E-state index contributed by atoms with van der Waals surface area (Å²) in [5.41, 5.74) is 7.43. The molecule has 5 rings (SSSR count). The molecule has 1 aliphatic heterocycles. The van der Waals surface area contributed by atoms with E-state index in [4.69, 9.17) is 9.72 Å². The first kappa shape index (κ1) is 23.8. The van der Waals surface area contributed by atoms with E-state index < -0.39 is 0 Å². The predicted octanol–water partition coefficient (Wildman–Crippen LogP) is 6.01. The summed E-state index contributed by atoms with van der Waals surface area (Å²) < 4.78 is 8.21. The summed E-state index contributed by atoms with van der Waals surface area (Å²) in [5, 5.41) is 14.9. The van der Waals surface area contributed by atoms with Crippen LogP contribution in [-0.2, 0) is 11.2 Å². The fourth-order valence-electron chi connectivity index (χ4n) is 6.06. The van der Waals surface area contributed by atoms with E-state index in [-0.39, 0.29) is 11.6 Å². The number of fused-ring (bicyclic) bond motifs is 2. The second kappa shape index (κ2) is 9.60. The van der Waals surface area contributed by atoms with E-state index in [1.165, 1.54) is 11.1 Å². The van der Waals surface area contributed by atoms with Gasteiger partial charge in [-0.1, -0.05) is 30.3 Å². The number of benzene rings is 1. The maximum absolute atomic E-state index is 10.3. The second-order valence-corrected chi connectivity index (χ2v) is 10.7. The number of hydrogen-bond acceptors (Lipinski definition) is 4. The highest BCUT2D eigenvalue weighted by atomic mass is 16.5. The van der Waals surface area contributed by atoms with Gasteiger partial charge in [-0.2, -0.15) is 5.26 Å². The van der Waals surface area contributed by atoms with Crippen molar-refractivity contribution >= 4 is 17.1 Å². The Morgan fingerprint density at radius 3 is 2.89 bits per heavy atom. The first-order chi connectivity index (χ1) is 16.9. The van der Waals surface area contributed by atoms with Crippen LogP contribution in [-0.4, -0.2) is 34.3 Å². The van der Waals surface area contributed by atoms with Crippen molar-refractivity contribution in [1.29, 1.82) is 5.26 Å². The molecule has 2 unspecified atom stereocenters. The van der Waals surface area contributed by atoms with E-state index >= 15 is 0 Å². The number of aromatic nitrogens is 2. The summed E-state index contributed by atoms with van der Waals surface area (Å²) >= 11 is 0. The highest BCUT2D eigenvalue weighted by Gasteiger charge is 2.29. The largest absolute Gasteiger partial charge is 0.375 e. The number of rotatable bonds is 5. The quantitative estimate of drug-likeness (QED) is 0.498. The van der Waals surface area contributed by atoms with Crippen LogP contribution in [0.1, 0.15) is 79.2 Å². The topological polar surface area (TPSA) is 62.9 Å². The number of aryl methyl sites for hydroxylation is 3. The Bertz CT molecular complexity index is 1310. The summed E-state index contributed by atoms with van der Waals surface area (Å²) in [6.45, 7) is 10.0. The van der Waals surface area contributed by atoms with Crippen LogP contribution in [0, 0.1) is 25.2 Å². The lowest BCUT2D eigenvalue weighted by atomic mass is 9.87. The molecule has 0 saturated carbocycles. The molecular formula is C30H36N4O. The van der Waals surface area contributed by atoms with Gasteiger partial charge in [-0.05, 0) is 88.6 Å². The first-order valence-corrected chi connectivity index (χ1v) is 12.9. The third kappa shape index (κ3) is 4.66. The lowest BCUT2D eigenvalue weighted by Gasteiger charge is -2.35. The minimum Gasteiger partial charge on any atom is -0.375 e. The molecule has 1 aliphatic carbocycles. The van der Waals surface area contributed by atoms with E-state index in [2.05, 4.69) is 79.2 Å². The van der Waals surface area contributed by atoms with Gasteiger partial charge in [-0.25, -0.2) is 4.98 Å². The van der Waals surface area contributed by atoms with Crippen LogP contribution in [0.5, 0.6) is 0 Å². The van der Waals surface area contributed by atoms with E-state index in [0.29, 0.717) is 6.04 Å². The maximum Gasteiger partial charge on any atom is 0.142 e. The number of pyridine rings is 1. The molecule has 0 spiro atoms. The van der Waals surface area contributed by atoms with Crippen molar-refractivity contribution in [2.45, 2.75) is 77.5 Å². The van der Waals surface area contributed by atoms with Crippen LogP contribution in [0.3, 0.4) is 0 Å². The monoisotopic (exact) mass is 468 g/mol. The van der Waals surface area contributed by atoms with Gasteiger partial charge in [0.05, 0.1) is 22.9 Å². The molecule has 3 heterocycles. The Balaban J connectivity index is 1.55. The summed E-state index contributed by atoms with van der Waals surface area (Å²) in [6, 6.07) is 14.0. The Morgan fingerprint density at radius 2 is 2.09 bits per heavy atom. The van der Waals surface area contributed by atoms with Gasteiger partial charge in [-0.15, -0.1) is 0 Å². The van der Waals surface area contributed by atoms with Crippen LogP contribution >= 0.6 is 0 Å². The van der Waals surface area contributed by atoms with Gasteiger partial charge in [0.25, 0.3) is 0 Å². The van der Waals surface area contributed by atoms with Crippen LogP contribution in [0.2, 0.25) is 0 Å². The summed E-state index contributed by atoms with van der Waals surface area (Å²) in [6.07, 6.45) is 9.65. The molecule has 182 valence electrons. The van der Waals surface area contributed by atoms with Gasteiger partial charge in [0, 0.05) is 30.3 Å². The average Bonchev–Trinajstić information content (AvgIpc) is 3.14. The smallest absolute Gasteiger partial charge is 0.142 e. The zero-order valence-corrected chi connectivity index (χ0v) is 21.4. The molecule has 1 N–H and O–H groups in total. The van der Waals surface area contributed by atoms with E-state index in [0.717, 1.165) is 78.8 Å². The van der Waals surface area contributed by atoms with E-state index in [1.54, 1.807) is 0 Å². The second-order valence-electron chi connectivity index (χ2n) is 10.7. The van der Waals surface area contributed by atoms with Crippen molar-refractivity contribution in [3.8, 4) is 6.07 Å². The third-order valence-corrected chi connectivity index (χ3v) is 7.58. The number of nitriles is 1. The maximum atomic E-state index is 10.3. The SMILES string of the molecule is Cc1cc(C)c2c(C#N)c(C=CCNC3CCOC(C)(C)C3)n(C3CCCc4ccccc43)c2n1. The molecule has 0 bridgehead atoms. The lowest BCUT2D eigenvalue weighted by Crippen LogP contribution is -2.43. The van der Waals surface area contributed by atoms with Gasteiger partial charge in [0.15, 0.2) is 0 Å². The molecular weight excluding hydrogens is 432 g/mol. The highest BCUT2D eigenvalue weighted by Crippen LogP contribution is 2.39. The van der Waals surface area contributed by atoms with Gasteiger partial charge in [0.1, 0.15) is 11.7 Å². The van der Waals surface area contributed by atoms with Crippen molar-refractivity contribution in [3.63, 3.8) is 0 Å². The van der Waals surface area contributed by atoms with Gasteiger partial charge < -0.3 is 14.6 Å². The molecule has 1 aromatic carbocycles. The number of hydrogen-bond donors (Lipinski definition) is 1. The number of nitrogens with one attached hydrogen (secondary N) is 1. The molecule has 5 heteroatoms. The van der Waals surface area contributed by atoms with E-state index in [9.17, 15) is 5.26 Å². The molecule has 2 atom stereocenters. The minimum atomic E-state index is -0.0739. The highest BCUT2D eigenvalue weighted by molar-refractivity contribution is 5.91. The van der Waals surface area contributed by atoms with Crippen molar-refractivity contribution in [2.24, 2.45) is 0 Å². The third-order valence-electron chi connectivity index (χ3n) is 7.58. The molecule has 1 saturated heterocycles. The fraction of sp³-hybridized carbons (Fsp3) is 0.467. The average molecular weight is 469 g/mol. The van der Waals surface area contributed by atoms with E-state index in [1.807, 2.05) is 6.92 Å². The van der Waals surface area contributed by atoms with Gasteiger partial charge >= 0.3 is 0 Å². The van der Waals surface area contributed by atoms with Crippen molar-refractivity contribution in [2.75, 3.05) is 13.2 Å². The molecule has 5 nitrogen and oxygen atoms in total. The standard InChI is InChI=1S/C30H36N4O/c1-20-17-21(2)33-29-28(20)25(19-31)27(13-8-15-32-23-14-16-35-30(3,4)18-23)34(29)26-12-7-10-22-9-5-6-11-24(22)26/h5-6,8-9,11,13,17,23,26,32H,7,10,12,14-16,18H2,1-4H3. The Labute approximate surface area is 208 Å². The van der Waals surface area contributed by atoms with Crippen LogP contribution in [0.25, 0.3) is 17.1 Å².